The van der Waals surface area contributed by atoms with Crippen LogP contribution in [0.25, 0.3) is 22.2 Å². The Morgan fingerprint density at radius 3 is 2.35 bits per heavy atom. The molecule has 1 heterocycles. The van der Waals surface area contributed by atoms with Crippen LogP contribution >= 0.6 is 0 Å². The third-order valence-corrected chi connectivity index (χ3v) is 4.42. The van der Waals surface area contributed by atoms with E-state index in [1.54, 1.807) is 6.07 Å². The minimum atomic E-state index is 0.0949. The van der Waals surface area contributed by atoms with Gasteiger partial charge in [-0.1, -0.05) is 66.7 Å². The highest BCUT2D eigenvalue weighted by Gasteiger charge is 2.10. The van der Waals surface area contributed by atoms with Crippen LogP contribution in [-0.4, -0.2) is 9.97 Å². The Labute approximate surface area is 152 Å². The molecule has 0 spiro atoms. The second-order valence-electron chi connectivity index (χ2n) is 6.34. The second-order valence-corrected chi connectivity index (χ2v) is 6.34. The van der Waals surface area contributed by atoms with Crippen molar-refractivity contribution in [1.29, 1.82) is 0 Å². The molecule has 0 aliphatic heterocycles. The van der Waals surface area contributed by atoms with E-state index in [9.17, 15) is 0 Å². The average Bonchev–Trinajstić information content (AvgIpc) is 2.68. The van der Waals surface area contributed by atoms with Gasteiger partial charge in [-0.3, -0.25) is 0 Å². The molecule has 0 aliphatic rings. The van der Waals surface area contributed by atoms with E-state index in [0.29, 0.717) is 11.6 Å². The van der Waals surface area contributed by atoms with Gasteiger partial charge in [0.1, 0.15) is 11.6 Å². The molecule has 3 N–H and O–H groups in total. The highest BCUT2D eigenvalue weighted by Crippen LogP contribution is 2.25. The van der Waals surface area contributed by atoms with Gasteiger partial charge in [0.2, 0.25) is 0 Å². The normalized spacial score (nSPS) is 12.0. The molecule has 1 aromatic heterocycles. The maximum absolute atomic E-state index is 5.99. The molecular weight excluding hydrogens is 320 g/mol. The molecule has 0 fully saturated rings. The Balaban J connectivity index is 1.62. The number of nitrogens with one attached hydrogen (secondary N) is 1. The van der Waals surface area contributed by atoms with Crippen molar-refractivity contribution in [3.05, 3.63) is 84.4 Å². The molecule has 128 valence electrons. The third kappa shape index (κ3) is 3.35. The zero-order chi connectivity index (χ0) is 17.9. The smallest absolute Gasteiger partial charge is 0.163 e. The van der Waals surface area contributed by atoms with Crippen LogP contribution in [0.2, 0.25) is 0 Å². The van der Waals surface area contributed by atoms with Crippen LogP contribution in [0.1, 0.15) is 18.5 Å². The van der Waals surface area contributed by atoms with E-state index in [1.807, 2.05) is 30.3 Å². The summed E-state index contributed by atoms with van der Waals surface area (Å²) in [5.41, 5.74) is 8.14. The van der Waals surface area contributed by atoms with Crippen LogP contribution in [0.3, 0.4) is 0 Å². The minimum absolute atomic E-state index is 0.0949. The van der Waals surface area contributed by atoms with Crippen molar-refractivity contribution in [3.63, 3.8) is 0 Å². The van der Waals surface area contributed by atoms with E-state index in [4.69, 9.17) is 5.73 Å². The van der Waals surface area contributed by atoms with E-state index in [2.05, 4.69) is 64.7 Å². The van der Waals surface area contributed by atoms with Crippen LogP contribution in [0, 0.1) is 0 Å². The first-order chi connectivity index (χ1) is 12.7. The lowest BCUT2D eigenvalue weighted by atomic mass is 10.0. The molecule has 0 aliphatic carbocycles. The number of rotatable bonds is 4. The first-order valence-corrected chi connectivity index (χ1v) is 8.64. The molecule has 4 aromatic rings. The maximum Gasteiger partial charge on any atom is 0.163 e. The number of fused-ring (bicyclic) bond motifs is 1. The highest BCUT2D eigenvalue weighted by molar-refractivity contribution is 5.83. The molecule has 0 amide bonds. The first kappa shape index (κ1) is 16.1. The molecule has 0 bridgehead atoms. The minimum Gasteiger partial charge on any atom is -0.384 e. The highest BCUT2D eigenvalue weighted by atomic mass is 15.1. The SMILES string of the molecule is C[C@@H](Nc1cc(N)nc(-c2ccccc2)n1)c1ccc2ccccc2c1. The first-order valence-electron chi connectivity index (χ1n) is 8.64. The number of nitrogens with two attached hydrogens (primary N) is 1. The van der Waals surface area contributed by atoms with Gasteiger partial charge in [0, 0.05) is 17.7 Å². The topological polar surface area (TPSA) is 63.8 Å². The van der Waals surface area contributed by atoms with E-state index in [1.165, 1.54) is 16.3 Å². The standard InChI is InChI=1S/C22H20N4/c1-15(18-12-11-16-7-5-6-10-19(16)13-18)24-21-14-20(23)25-22(26-21)17-8-3-2-4-9-17/h2-15H,1H3,(H3,23,24,25,26)/t15-/m1/s1. The molecule has 4 heteroatoms. The Kier molecular flexibility index (Phi) is 4.23. The van der Waals surface area contributed by atoms with Crippen LogP contribution < -0.4 is 11.1 Å². The molecule has 4 nitrogen and oxygen atoms in total. The van der Waals surface area contributed by atoms with Crippen molar-refractivity contribution in [3.8, 4) is 11.4 Å². The monoisotopic (exact) mass is 340 g/mol. The van der Waals surface area contributed by atoms with Gasteiger partial charge in [-0.2, -0.15) is 0 Å². The van der Waals surface area contributed by atoms with Gasteiger partial charge in [-0.15, -0.1) is 0 Å². The van der Waals surface area contributed by atoms with E-state index >= 15 is 0 Å². The molecule has 4 rings (SSSR count). The van der Waals surface area contributed by atoms with E-state index in [0.717, 1.165) is 11.4 Å². The van der Waals surface area contributed by atoms with Gasteiger partial charge in [0.25, 0.3) is 0 Å². The largest absolute Gasteiger partial charge is 0.384 e. The van der Waals surface area contributed by atoms with Crippen molar-refractivity contribution in [2.75, 3.05) is 11.1 Å². The van der Waals surface area contributed by atoms with E-state index < -0.39 is 0 Å². The summed E-state index contributed by atoms with van der Waals surface area (Å²) in [6, 6.07) is 26.6. The fourth-order valence-corrected chi connectivity index (χ4v) is 3.04. The Morgan fingerprint density at radius 1 is 0.808 bits per heavy atom. The number of hydrogen-bond acceptors (Lipinski definition) is 4. The molecule has 3 aromatic carbocycles. The summed E-state index contributed by atoms with van der Waals surface area (Å²) in [7, 11) is 0. The van der Waals surface area contributed by atoms with Gasteiger partial charge >= 0.3 is 0 Å². The number of hydrogen-bond donors (Lipinski definition) is 2. The van der Waals surface area contributed by atoms with Gasteiger partial charge in [-0.05, 0) is 29.3 Å². The van der Waals surface area contributed by atoms with Crippen molar-refractivity contribution >= 4 is 22.4 Å². The zero-order valence-corrected chi connectivity index (χ0v) is 14.6. The fraction of sp³-hybridized carbons (Fsp3) is 0.0909. The van der Waals surface area contributed by atoms with Crippen molar-refractivity contribution in [1.82, 2.24) is 9.97 Å². The van der Waals surface area contributed by atoms with Crippen LogP contribution in [0.15, 0.2) is 78.9 Å². The molecule has 0 saturated carbocycles. The van der Waals surface area contributed by atoms with Crippen LogP contribution in [0.4, 0.5) is 11.6 Å². The Bertz CT molecular complexity index is 1040. The molecule has 0 unspecified atom stereocenters. The summed E-state index contributed by atoms with van der Waals surface area (Å²) in [6.45, 7) is 2.12. The lowest BCUT2D eigenvalue weighted by Gasteiger charge is -2.16. The fourth-order valence-electron chi connectivity index (χ4n) is 3.04. The lowest BCUT2D eigenvalue weighted by molar-refractivity contribution is 0.875. The van der Waals surface area contributed by atoms with Gasteiger partial charge in [-0.25, -0.2) is 9.97 Å². The van der Waals surface area contributed by atoms with Gasteiger partial charge in [0.15, 0.2) is 5.82 Å². The lowest BCUT2D eigenvalue weighted by Crippen LogP contribution is -2.09. The second kappa shape index (κ2) is 6.84. The number of benzene rings is 3. The summed E-state index contributed by atoms with van der Waals surface area (Å²) < 4.78 is 0. The molecule has 26 heavy (non-hydrogen) atoms. The zero-order valence-electron chi connectivity index (χ0n) is 14.6. The van der Waals surface area contributed by atoms with E-state index in [-0.39, 0.29) is 6.04 Å². The quantitative estimate of drug-likeness (QED) is 0.545. The Hall–Kier alpha value is -3.40. The number of nitrogen functional groups attached to an aromatic ring is 1. The number of anilines is 2. The summed E-state index contributed by atoms with van der Waals surface area (Å²) in [5.74, 6) is 1.79. The average molecular weight is 340 g/mol. The van der Waals surface area contributed by atoms with Crippen molar-refractivity contribution in [2.24, 2.45) is 0 Å². The predicted octanol–water partition coefficient (Wildman–Crippen LogP) is 5.05. The Morgan fingerprint density at radius 2 is 1.54 bits per heavy atom. The number of aromatic nitrogens is 2. The molecule has 0 saturated heterocycles. The summed E-state index contributed by atoms with van der Waals surface area (Å²) in [5, 5.41) is 5.91. The van der Waals surface area contributed by atoms with Crippen molar-refractivity contribution < 1.29 is 0 Å². The predicted molar refractivity (Wildman–Crippen MR) is 108 cm³/mol. The molecular formula is C22H20N4. The summed E-state index contributed by atoms with van der Waals surface area (Å²) in [6.07, 6.45) is 0. The van der Waals surface area contributed by atoms with Gasteiger partial charge in [0.05, 0.1) is 0 Å². The summed E-state index contributed by atoms with van der Waals surface area (Å²) >= 11 is 0. The maximum atomic E-state index is 5.99. The van der Waals surface area contributed by atoms with Crippen LogP contribution in [-0.2, 0) is 0 Å². The van der Waals surface area contributed by atoms with Crippen molar-refractivity contribution in [2.45, 2.75) is 13.0 Å². The molecule has 0 radical (unpaired) electrons. The van der Waals surface area contributed by atoms with Crippen LogP contribution in [0.5, 0.6) is 0 Å². The van der Waals surface area contributed by atoms with Gasteiger partial charge < -0.3 is 11.1 Å². The summed E-state index contributed by atoms with van der Waals surface area (Å²) in [4.78, 5) is 8.98. The third-order valence-electron chi connectivity index (χ3n) is 4.42. The molecule has 1 atom stereocenters. The number of nitrogens with zero attached hydrogens (tertiary/aromatic N) is 2.